The predicted octanol–water partition coefficient (Wildman–Crippen LogP) is 0.993. The zero-order chi connectivity index (χ0) is 9.68. The molecule has 0 spiro atoms. The zero-order valence-corrected chi connectivity index (χ0v) is 8.33. The molecule has 13 heavy (non-hydrogen) atoms. The highest BCUT2D eigenvalue weighted by Crippen LogP contribution is 2.07. The molecule has 0 radical (unpaired) electrons. The van der Waals surface area contributed by atoms with Gasteiger partial charge in [0.25, 0.3) is 0 Å². The Hall–Kier alpha value is -0.380. The highest BCUT2D eigenvalue weighted by Gasteiger charge is 2.11. The molecule has 0 aromatic carbocycles. The fourth-order valence-corrected chi connectivity index (χ4v) is 1.44. The Bertz CT molecular complexity index is 164. The predicted molar refractivity (Wildman–Crippen MR) is 52.4 cm³/mol. The molecule has 3 heteroatoms. The van der Waals surface area contributed by atoms with Crippen LogP contribution in [0, 0.1) is 0 Å². The number of hydrogen-bond acceptors (Lipinski definition) is 3. The molecule has 0 aromatic heterocycles. The van der Waals surface area contributed by atoms with Crippen LogP contribution in [0.25, 0.3) is 0 Å². The Balaban J connectivity index is 2.02. The van der Waals surface area contributed by atoms with Crippen molar-refractivity contribution >= 4 is 0 Å². The summed E-state index contributed by atoms with van der Waals surface area (Å²) in [6.07, 6.45) is 1.80. The summed E-state index contributed by atoms with van der Waals surface area (Å²) in [6, 6.07) is 0. The van der Waals surface area contributed by atoms with Gasteiger partial charge in [-0.25, -0.2) is 0 Å². The lowest BCUT2D eigenvalue weighted by molar-refractivity contribution is -0.0756. The first-order valence-corrected chi connectivity index (χ1v) is 4.87. The second kappa shape index (κ2) is 5.37. The molecule has 3 nitrogen and oxygen atoms in total. The van der Waals surface area contributed by atoms with Crippen molar-refractivity contribution in [1.82, 2.24) is 4.90 Å². The van der Waals surface area contributed by atoms with Crippen molar-refractivity contribution in [2.24, 2.45) is 0 Å². The fraction of sp³-hybridized carbons (Fsp3) is 0.800. The normalized spacial score (nSPS) is 20.5. The van der Waals surface area contributed by atoms with E-state index in [2.05, 4.69) is 11.5 Å². The Morgan fingerprint density at radius 3 is 2.69 bits per heavy atom. The van der Waals surface area contributed by atoms with E-state index in [1.165, 1.54) is 25.9 Å². The van der Waals surface area contributed by atoms with Crippen LogP contribution in [-0.4, -0.2) is 42.5 Å². The standard InChI is InChI=1S/C10H19NO2/c1-9(2)10(12)13-8-7-11-5-3-4-6-11/h10,12H,1,3-8H2,2H3. The molecule has 1 atom stereocenters. The van der Waals surface area contributed by atoms with Gasteiger partial charge in [0.15, 0.2) is 6.29 Å². The Morgan fingerprint density at radius 1 is 1.54 bits per heavy atom. The molecule has 1 rings (SSSR count). The van der Waals surface area contributed by atoms with Crippen LogP contribution in [-0.2, 0) is 4.74 Å². The maximum absolute atomic E-state index is 9.26. The van der Waals surface area contributed by atoms with Gasteiger partial charge in [0, 0.05) is 6.54 Å². The third-order valence-electron chi connectivity index (χ3n) is 2.30. The molecule has 0 amide bonds. The molecular weight excluding hydrogens is 166 g/mol. The van der Waals surface area contributed by atoms with E-state index in [1.807, 2.05) is 0 Å². The third-order valence-corrected chi connectivity index (χ3v) is 2.30. The van der Waals surface area contributed by atoms with Gasteiger partial charge in [-0.15, -0.1) is 0 Å². The molecule has 76 valence electrons. The molecule has 0 aliphatic carbocycles. The number of nitrogens with zero attached hydrogens (tertiary/aromatic N) is 1. The van der Waals surface area contributed by atoms with Crippen molar-refractivity contribution in [1.29, 1.82) is 0 Å². The maximum atomic E-state index is 9.26. The van der Waals surface area contributed by atoms with E-state index in [0.29, 0.717) is 12.2 Å². The van der Waals surface area contributed by atoms with Gasteiger partial charge >= 0.3 is 0 Å². The number of likely N-dealkylation sites (tertiary alicyclic amines) is 1. The van der Waals surface area contributed by atoms with Gasteiger partial charge in [-0.05, 0) is 38.4 Å². The maximum Gasteiger partial charge on any atom is 0.176 e. The van der Waals surface area contributed by atoms with Crippen LogP contribution < -0.4 is 0 Å². The number of hydrogen-bond donors (Lipinski definition) is 1. The molecule has 1 unspecified atom stereocenters. The molecule has 1 saturated heterocycles. The van der Waals surface area contributed by atoms with Gasteiger partial charge in [-0.3, -0.25) is 0 Å². The molecule has 1 aliphatic heterocycles. The lowest BCUT2D eigenvalue weighted by Gasteiger charge is -2.16. The summed E-state index contributed by atoms with van der Waals surface area (Å²) >= 11 is 0. The fourth-order valence-electron chi connectivity index (χ4n) is 1.44. The summed E-state index contributed by atoms with van der Waals surface area (Å²) < 4.78 is 5.18. The smallest absolute Gasteiger partial charge is 0.176 e. The topological polar surface area (TPSA) is 32.7 Å². The van der Waals surface area contributed by atoms with Crippen LogP contribution in [0.1, 0.15) is 19.8 Å². The van der Waals surface area contributed by atoms with Crippen molar-refractivity contribution in [3.8, 4) is 0 Å². The van der Waals surface area contributed by atoms with E-state index in [1.54, 1.807) is 6.92 Å². The van der Waals surface area contributed by atoms with Gasteiger partial charge in [0.05, 0.1) is 6.61 Å². The van der Waals surface area contributed by atoms with E-state index in [0.717, 1.165) is 6.54 Å². The Kier molecular flexibility index (Phi) is 4.42. The van der Waals surface area contributed by atoms with Gasteiger partial charge in [0.2, 0.25) is 0 Å². The molecule has 0 bridgehead atoms. The van der Waals surface area contributed by atoms with Gasteiger partial charge < -0.3 is 14.7 Å². The minimum absolute atomic E-state index is 0.591. The number of aliphatic hydroxyl groups excluding tert-OH is 1. The zero-order valence-electron chi connectivity index (χ0n) is 8.33. The average molecular weight is 185 g/mol. The number of ether oxygens (including phenoxy) is 1. The summed E-state index contributed by atoms with van der Waals surface area (Å²) in [7, 11) is 0. The van der Waals surface area contributed by atoms with E-state index in [4.69, 9.17) is 4.74 Å². The van der Waals surface area contributed by atoms with E-state index >= 15 is 0 Å². The summed E-state index contributed by atoms with van der Waals surface area (Å²) in [4.78, 5) is 2.35. The van der Waals surface area contributed by atoms with Gasteiger partial charge in [-0.2, -0.15) is 0 Å². The molecule has 1 heterocycles. The van der Waals surface area contributed by atoms with Crippen molar-refractivity contribution in [3.05, 3.63) is 12.2 Å². The summed E-state index contributed by atoms with van der Waals surface area (Å²) in [5, 5.41) is 9.26. The first-order valence-electron chi connectivity index (χ1n) is 4.87. The SMILES string of the molecule is C=C(C)C(O)OCCN1CCCC1. The van der Waals surface area contributed by atoms with Crippen LogP contribution in [0.15, 0.2) is 12.2 Å². The highest BCUT2D eigenvalue weighted by atomic mass is 16.6. The quantitative estimate of drug-likeness (QED) is 0.512. The highest BCUT2D eigenvalue weighted by molar-refractivity contribution is 4.91. The van der Waals surface area contributed by atoms with Crippen LogP contribution in [0.4, 0.5) is 0 Å². The minimum atomic E-state index is -0.789. The Labute approximate surface area is 80.0 Å². The summed E-state index contributed by atoms with van der Waals surface area (Å²) in [5.74, 6) is 0. The second-order valence-electron chi connectivity index (χ2n) is 3.62. The van der Waals surface area contributed by atoms with Crippen molar-refractivity contribution in [3.63, 3.8) is 0 Å². The molecule has 1 aliphatic rings. The lowest BCUT2D eigenvalue weighted by Crippen LogP contribution is -2.26. The molecule has 1 N–H and O–H groups in total. The van der Waals surface area contributed by atoms with E-state index in [-0.39, 0.29) is 0 Å². The Morgan fingerprint density at radius 2 is 2.15 bits per heavy atom. The van der Waals surface area contributed by atoms with Crippen LogP contribution in [0.2, 0.25) is 0 Å². The first-order chi connectivity index (χ1) is 6.20. The molecule has 0 saturated carbocycles. The lowest BCUT2D eigenvalue weighted by atomic mass is 10.3. The van der Waals surface area contributed by atoms with Crippen LogP contribution >= 0.6 is 0 Å². The molecular formula is C10H19NO2. The monoisotopic (exact) mass is 185 g/mol. The number of rotatable bonds is 5. The second-order valence-corrected chi connectivity index (χ2v) is 3.62. The van der Waals surface area contributed by atoms with Crippen LogP contribution in [0.5, 0.6) is 0 Å². The van der Waals surface area contributed by atoms with Crippen molar-refractivity contribution in [2.45, 2.75) is 26.1 Å². The van der Waals surface area contributed by atoms with E-state index < -0.39 is 6.29 Å². The van der Waals surface area contributed by atoms with Crippen molar-refractivity contribution < 1.29 is 9.84 Å². The molecule has 0 aromatic rings. The molecule has 1 fully saturated rings. The summed E-state index contributed by atoms with van der Waals surface area (Å²) in [5.41, 5.74) is 0.668. The van der Waals surface area contributed by atoms with Gasteiger partial charge in [0.1, 0.15) is 0 Å². The summed E-state index contributed by atoms with van der Waals surface area (Å²) in [6.45, 7) is 9.24. The average Bonchev–Trinajstić information content (AvgIpc) is 2.56. The largest absolute Gasteiger partial charge is 0.364 e. The number of aliphatic hydroxyl groups is 1. The van der Waals surface area contributed by atoms with Crippen LogP contribution in [0.3, 0.4) is 0 Å². The third kappa shape index (κ3) is 3.89. The minimum Gasteiger partial charge on any atom is -0.364 e. The van der Waals surface area contributed by atoms with Crippen molar-refractivity contribution in [2.75, 3.05) is 26.2 Å². The van der Waals surface area contributed by atoms with Gasteiger partial charge in [-0.1, -0.05) is 6.58 Å². The first kappa shape index (κ1) is 10.7. The van der Waals surface area contributed by atoms with E-state index in [9.17, 15) is 5.11 Å².